The number of nitriles is 1. The van der Waals surface area contributed by atoms with E-state index in [2.05, 4.69) is 18.0 Å². The van der Waals surface area contributed by atoms with Crippen molar-refractivity contribution in [3.8, 4) is 6.07 Å². The number of nitrogens with zero attached hydrogens (tertiary/aromatic N) is 1. The van der Waals surface area contributed by atoms with Gasteiger partial charge in [0.2, 0.25) is 0 Å². The highest BCUT2D eigenvalue weighted by molar-refractivity contribution is 5.71. The van der Waals surface area contributed by atoms with Gasteiger partial charge in [-0.25, -0.2) is 0 Å². The molecular weight excluding hydrogens is 184 g/mol. The van der Waals surface area contributed by atoms with Gasteiger partial charge in [-0.15, -0.1) is 0 Å². The highest BCUT2D eigenvalue weighted by atomic mass is 14.8. The van der Waals surface area contributed by atoms with E-state index in [-0.39, 0.29) is 0 Å². The van der Waals surface area contributed by atoms with Gasteiger partial charge >= 0.3 is 0 Å². The summed E-state index contributed by atoms with van der Waals surface area (Å²) in [7, 11) is 1.88. The van der Waals surface area contributed by atoms with Crippen LogP contribution in [0.2, 0.25) is 0 Å². The summed E-state index contributed by atoms with van der Waals surface area (Å²) in [5.74, 6) is 0.637. The minimum atomic E-state index is 0.637. The van der Waals surface area contributed by atoms with E-state index in [1.807, 2.05) is 25.3 Å². The molecule has 0 aliphatic heterocycles. The Morgan fingerprint density at radius 2 is 2.27 bits per heavy atom. The third-order valence-electron chi connectivity index (χ3n) is 2.83. The lowest BCUT2D eigenvalue weighted by Gasteiger charge is -2.11. The van der Waals surface area contributed by atoms with Crippen molar-refractivity contribution in [3.63, 3.8) is 0 Å². The molecule has 0 aromatic heterocycles. The molecule has 1 aromatic carbocycles. The van der Waals surface area contributed by atoms with E-state index in [1.165, 1.54) is 18.4 Å². The van der Waals surface area contributed by atoms with Gasteiger partial charge in [0.1, 0.15) is 0 Å². The molecule has 1 fully saturated rings. The van der Waals surface area contributed by atoms with Gasteiger partial charge in [-0.2, -0.15) is 5.26 Å². The summed E-state index contributed by atoms with van der Waals surface area (Å²) in [6, 6.07) is 6.08. The lowest BCUT2D eigenvalue weighted by Crippen LogP contribution is -1.97. The quantitative estimate of drug-likeness (QED) is 0.810. The topological polar surface area (TPSA) is 35.8 Å². The molecule has 1 saturated carbocycles. The van der Waals surface area contributed by atoms with E-state index in [4.69, 9.17) is 5.26 Å². The number of nitrogens with one attached hydrogen (secondary N) is 1. The average Bonchev–Trinajstić information content (AvgIpc) is 3.10. The molecule has 2 rings (SSSR count). The van der Waals surface area contributed by atoms with Crippen molar-refractivity contribution in [1.29, 1.82) is 5.26 Å². The van der Waals surface area contributed by atoms with Crippen LogP contribution in [0.1, 0.15) is 35.4 Å². The van der Waals surface area contributed by atoms with Crippen molar-refractivity contribution in [2.45, 2.75) is 18.8 Å². The predicted molar refractivity (Wildman–Crippen MR) is 62.8 cm³/mol. The van der Waals surface area contributed by atoms with Gasteiger partial charge in [0.15, 0.2) is 0 Å². The highest BCUT2D eigenvalue weighted by Crippen LogP contribution is 2.44. The van der Waals surface area contributed by atoms with E-state index < -0.39 is 0 Å². The van der Waals surface area contributed by atoms with Crippen LogP contribution in [-0.4, -0.2) is 7.05 Å². The summed E-state index contributed by atoms with van der Waals surface area (Å²) < 4.78 is 0. The molecule has 2 nitrogen and oxygen atoms in total. The van der Waals surface area contributed by atoms with Crippen molar-refractivity contribution < 1.29 is 0 Å². The van der Waals surface area contributed by atoms with E-state index in [9.17, 15) is 0 Å². The van der Waals surface area contributed by atoms with Crippen LogP contribution in [0.4, 0.5) is 5.69 Å². The van der Waals surface area contributed by atoms with Crippen LogP contribution >= 0.6 is 0 Å². The first-order valence-corrected chi connectivity index (χ1v) is 5.18. The predicted octanol–water partition coefficient (Wildman–Crippen LogP) is 3.12. The molecule has 0 amide bonds. The summed E-state index contributed by atoms with van der Waals surface area (Å²) >= 11 is 0. The molecule has 0 heterocycles. The van der Waals surface area contributed by atoms with Gasteiger partial charge in [0.05, 0.1) is 11.6 Å². The van der Waals surface area contributed by atoms with Crippen LogP contribution in [0.5, 0.6) is 0 Å². The van der Waals surface area contributed by atoms with Crippen LogP contribution in [0, 0.1) is 11.3 Å². The van der Waals surface area contributed by atoms with Gasteiger partial charge in [-0.3, -0.25) is 0 Å². The zero-order chi connectivity index (χ0) is 10.8. The molecule has 0 saturated heterocycles. The van der Waals surface area contributed by atoms with Crippen LogP contribution < -0.4 is 5.32 Å². The molecule has 1 N–H and O–H groups in total. The minimum Gasteiger partial charge on any atom is -0.388 e. The summed E-state index contributed by atoms with van der Waals surface area (Å²) in [6.45, 7) is 3.84. The van der Waals surface area contributed by atoms with Gasteiger partial charge in [0, 0.05) is 18.3 Å². The number of hydrogen-bond acceptors (Lipinski definition) is 2. The van der Waals surface area contributed by atoms with Crippen LogP contribution in [0.25, 0.3) is 6.08 Å². The van der Waals surface area contributed by atoms with E-state index in [1.54, 1.807) is 0 Å². The fourth-order valence-electron chi connectivity index (χ4n) is 1.91. The summed E-state index contributed by atoms with van der Waals surface area (Å²) in [6.07, 6.45) is 4.35. The Morgan fingerprint density at radius 3 is 2.73 bits per heavy atom. The molecular formula is C13H14N2. The molecule has 1 aliphatic rings. The first-order valence-electron chi connectivity index (χ1n) is 5.18. The Hall–Kier alpha value is -1.75. The van der Waals surface area contributed by atoms with Crippen LogP contribution in [-0.2, 0) is 0 Å². The Bertz CT molecular complexity index is 437. The lowest BCUT2D eigenvalue weighted by atomic mass is 9.98. The second-order valence-electron chi connectivity index (χ2n) is 3.87. The van der Waals surface area contributed by atoms with Gasteiger partial charge in [-0.1, -0.05) is 12.7 Å². The molecule has 0 radical (unpaired) electrons. The highest BCUT2D eigenvalue weighted by Gasteiger charge is 2.26. The number of rotatable bonds is 3. The second kappa shape index (κ2) is 3.78. The molecule has 0 spiro atoms. The number of hydrogen-bond donors (Lipinski definition) is 1. The van der Waals surface area contributed by atoms with Gasteiger partial charge in [-0.05, 0) is 36.5 Å². The van der Waals surface area contributed by atoms with Crippen molar-refractivity contribution in [1.82, 2.24) is 0 Å². The Labute approximate surface area is 90.2 Å². The summed E-state index contributed by atoms with van der Waals surface area (Å²) in [4.78, 5) is 0. The van der Waals surface area contributed by atoms with Crippen molar-refractivity contribution >= 4 is 11.8 Å². The first-order chi connectivity index (χ1) is 7.30. The Balaban J connectivity index is 2.59. The maximum atomic E-state index is 8.94. The molecule has 2 heteroatoms. The van der Waals surface area contributed by atoms with Crippen LogP contribution in [0.15, 0.2) is 18.7 Å². The molecule has 0 unspecified atom stereocenters. The number of benzene rings is 1. The molecule has 15 heavy (non-hydrogen) atoms. The van der Waals surface area contributed by atoms with E-state index in [0.29, 0.717) is 5.92 Å². The molecule has 76 valence electrons. The Morgan fingerprint density at radius 1 is 1.53 bits per heavy atom. The third kappa shape index (κ3) is 1.73. The Kier molecular flexibility index (Phi) is 2.47. The van der Waals surface area contributed by atoms with Crippen molar-refractivity contribution in [2.24, 2.45) is 0 Å². The largest absolute Gasteiger partial charge is 0.388 e. The summed E-state index contributed by atoms with van der Waals surface area (Å²) in [5.41, 5.74) is 4.16. The van der Waals surface area contributed by atoms with E-state index in [0.717, 1.165) is 16.8 Å². The average molecular weight is 198 g/mol. The fraction of sp³-hybridized carbons (Fsp3) is 0.308. The van der Waals surface area contributed by atoms with Gasteiger partial charge < -0.3 is 5.32 Å². The SMILES string of the molecule is C=Cc1c(NC)cc(C#N)cc1C1CC1. The standard InChI is InChI=1S/C13H14N2/c1-3-11-12(10-4-5-10)6-9(8-14)7-13(11)15-2/h3,6-7,10,15H,1,4-5H2,2H3. The molecule has 0 bridgehead atoms. The van der Waals surface area contributed by atoms with E-state index >= 15 is 0 Å². The fourth-order valence-corrected chi connectivity index (χ4v) is 1.91. The monoisotopic (exact) mass is 198 g/mol. The molecule has 1 aliphatic carbocycles. The zero-order valence-corrected chi connectivity index (χ0v) is 8.88. The van der Waals surface area contributed by atoms with Crippen molar-refractivity contribution in [3.05, 3.63) is 35.4 Å². The minimum absolute atomic E-state index is 0.637. The van der Waals surface area contributed by atoms with Gasteiger partial charge in [0.25, 0.3) is 0 Å². The van der Waals surface area contributed by atoms with Crippen molar-refractivity contribution in [2.75, 3.05) is 12.4 Å². The third-order valence-corrected chi connectivity index (χ3v) is 2.83. The molecule has 1 aromatic rings. The number of anilines is 1. The smallest absolute Gasteiger partial charge is 0.0992 e. The zero-order valence-electron chi connectivity index (χ0n) is 8.88. The summed E-state index contributed by atoms with van der Waals surface area (Å²) in [5, 5.41) is 12.1. The maximum Gasteiger partial charge on any atom is 0.0992 e. The lowest BCUT2D eigenvalue weighted by molar-refractivity contribution is 1.12. The maximum absolute atomic E-state index is 8.94. The normalized spacial score (nSPS) is 14.4. The van der Waals surface area contributed by atoms with Crippen LogP contribution in [0.3, 0.4) is 0 Å². The molecule has 0 atom stereocenters. The first kappa shape index (κ1) is 9.79. The second-order valence-corrected chi connectivity index (χ2v) is 3.87.